The highest BCUT2D eigenvalue weighted by atomic mass is 16.5. The summed E-state index contributed by atoms with van der Waals surface area (Å²) in [5.74, 6) is -0.785. The number of nitrogens with two attached hydrogens (primary N) is 1. The average Bonchev–Trinajstić information content (AvgIpc) is 1.90. The number of nitrogens with one attached hydrogen (secondary N) is 2. The number of hydrogen-bond acceptors (Lipinski definition) is 4. The summed E-state index contributed by atoms with van der Waals surface area (Å²) in [6, 6.07) is 0. The van der Waals surface area contributed by atoms with Crippen molar-refractivity contribution in [2.45, 2.75) is 0 Å². The molecule has 0 saturated heterocycles. The van der Waals surface area contributed by atoms with Crippen molar-refractivity contribution in [1.82, 2.24) is 5.48 Å². The normalized spacial score (nSPS) is 10.6. The molecule has 0 aromatic rings. The first-order chi connectivity index (χ1) is 4.26. The second kappa shape index (κ2) is 3.62. The van der Waals surface area contributed by atoms with Crippen LogP contribution in [0, 0.1) is 5.41 Å². The van der Waals surface area contributed by atoms with Crippen LogP contribution in [0.25, 0.3) is 0 Å². The van der Waals surface area contributed by atoms with Crippen LogP contribution in [0.4, 0.5) is 0 Å². The fraction of sp³-hybridized carbons (Fsp3) is 0. The van der Waals surface area contributed by atoms with Gasteiger partial charge in [-0.1, -0.05) is 0 Å². The lowest BCUT2D eigenvalue weighted by atomic mass is 10.3. The lowest BCUT2D eigenvalue weighted by Gasteiger charge is -1.93. The third-order valence-corrected chi connectivity index (χ3v) is 0.699. The third kappa shape index (κ3) is 1.92. The van der Waals surface area contributed by atoms with Crippen LogP contribution >= 0.6 is 0 Å². The molecule has 0 aliphatic carbocycles. The van der Waals surface area contributed by atoms with Crippen LogP contribution in [-0.2, 0) is 4.79 Å². The largest absolute Gasteiger partial charge is 0.404 e. The van der Waals surface area contributed by atoms with Gasteiger partial charge >= 0.3 is 0 Å². The Kier molecular flexibility index (Phi) is 3.07. The second-order valence-corrected chi connectivity index (χ2v) is 1.21. The van der Waals surface area contributed by atoms with Crippen molar-refractivity contribution in [2.75, 3.05) is 0 Å². The number of hydroxylamine groups is 1. The maximum absolute atomic E-state index is 10.3. The van der Waals surface area contributed by atoms with E-state index >= 15 is 0 Å². The quantitative estimate of drug-likeness (QED) is 0.166. The van der Waals surface area contributed by atoms with Crippen molar-refractivity contribution < 1.29 is 10.0 Å². The summed E-state index contributed by atoms with van der Waals surface area (Å²) in [4.78, 5) is 10.3. The highest BCUT2D eigenvalue weighted by molar-refractivity contribution is 6.10. The molecule has 0 fully saturated rings. The van der Waals surface area contributed by atoms with Gasteiger partial charge in [0.25, 0.3) is 5.91 Å². The van der Waals surface area contributed by atoms with Crippen LogP contribution in [0.15, 0.2) is 11.8 Å². The van der Waals surface area contributed by atoms with Gasteiger partial charge in [-0.2, -0.15) is 0 Å². The molecule has 5 N–H and O–H groups in total. The number of carbonyl (C=O) groups excluding carboxylic acids is 1. The molecule has 5 heteroatoms. The maximum Gasteiger partial charge on any atom is 0.277 e. The molecule has 0 heterocycles. The monoisotopic (exact) mass is 129 g/mol. The summed E-state index contributed by atoms with van der Waals surface area (Å²) in [5.41, 5.74) is 6.12. The average molecular weight is 129 g/mol. The minimum atomic E-state index is -0.785. The number of amides is 1. The van der Waals surface area contributed by atoms with E-state index in [1.54, 1.807) is 0 Å². The van der Waals surface area contributed by atoms with E-state index in [-0.39, 0.29) is 5.57 Å². The van der Waals surface area contributed by atoms with Gasteiger partial charge in [-0.15, -0.1) is 0 Å². The Morgan fingerprint density at radius 2 is 2.33 bits per heavy atom. The molecule has 0 aromatic heterocycles. The van der Waals surface area contributed by atoms with Gasteiger partial charge < -0.3 is 11.1 Å². The fourth-order valence-corrected chi connectivity index (χ4v) is 0.254. The zero-order chi connectivity index (χ0) is 7.28. The molecule has 0 spiro atoms. The van der Waals surface area contributed by atoms with E-state index in [0.717, 1.165) is 12.4 Å². The van der Waals surface area contributed by atoms with Crippen LogP contribution < -0.4 is 11.2 Å². The number of carbonyl (C=O) groups is 1. The first kappa shape index (κ1) is 7.64. The molecule has 5 nitrogen and oxygen atoms in total. The highest BCUT2D eigenvalue weighted by Gasteiger charge is 2.01. The Balaban J connectivity index is 4.14. The first-order valence-electron chi connectivity index (χ1n) is 2.13. The number of hydrogen-bond donors (Lipinski definition) is 4. The van der Waals surface area contributed by atoms with Crippen LogP contribution in [0.2, 0.25) is 0 Å². The fourth-order valence-electron chi connectivity index (χ4n) is 0.254. The minimum absolute atomic E-state index is 0.0856. The lowest BCUT2D eigenvalue weighted by Crippen LogP contribution is -2.22. The maximum atomic E-state index is 10.3. The molecule has 0 aromatic carbocycles. The molecule has 0 radical (unpaired) electrons. The zero-order valence-corrected chi connectivity index (χ0v) is 4.59. The van der Waals surface area contributed by atoms with Gasteiger partial charge in [-0.3, -0.25) is 10.0 Å². The third-order valence-electron chi connectivity index (χ3n) is 0.699. The molecule has 9 heavy (non-hydrogen) atoms. The molecule has 0 unspecified atom stereocenters. The predicted octanol–water partition coefficient (Wildman–Crippen LogP) is -1.02. The molecule has 0 rings (SSSR count). The van der Waals surface area contributed by atoms with E-state index in [2.05, 4.69) is 0 Å². The summed E-state index contributed by atoms with van der Waals surface area (Å²) < 4.78 is 0. The van der Waals surface area contributed by atoms with E-state index in [4.69, 9.17) is 16.4 Å². The molecular weight excluding hydrogens is 122 g/mol. The van der Waals surface area contributed by atoms with Crippen molar-refractivity contribution in [3.05, 3.63) is 11.8 Å². The molecular formula is C4H7N3O2. The smallest absolute Gasteiger partial charge is 0.277 e. The van der Waals surface area contributed by atoms with Crippen LogP contribution in [0.1, 0.15) is 0 Å². The summed E-state index contributed by atoms with van der Waals surface area (Å²) in [6.45, 7) is 0. The summed E-state index contributed by atoms with van der Waals surface area (Å²) in [7, 11) is 0. The van der Waals surface area contributed by atoms with Crippen molar-refractivity contribution in [3.8, 4) is 0 Å². The minimum Gasteiger partial charge on any atom is -0.404 e. The van der Waals surface area contributed by atoms with E-state index < -0.39 is 5.91 Å². The predicted molar refractivity (Wildman–Crippen MR) is 31.0 cm³/mol. The molecule has 0 bridgehead atoms. The van der Waals surface area contributed by atoms with Crippen molar-refractivity contribution >= 4 is 12.1 Å². The summed E-state index contributed by atoms with van der Waals surface area (Å²) in [5, 5.41) is 14.5. The summed E-state index contributed by atoms with van der Waals surface area (Å²) in [6.07, 6.45) is 1.67. The van der Waals surface area contributed by atoms with Gasteiger partial charge in [0.1, 0.15) is 0 Å². The first-order valence-corrected chi connectivity index (χ1v) is 2.13. The van der Waals surface area contributed by atoms with Gasteiger partial charge in [-0.25, -0.2) is 5.48 Å². The van der Waals surface area contributed by atoms with E-state index in [9.17, 15) is 4.79 Å². The van der Waals surface area contributed by atoms with E-state index in [0.29, 0.717) is 0 Å². The van der Waals surface area contributed by atoms with Crippen molar-refractivity contribution in [2.24, 2.45) is 5.73 Å². The van der Waals surface area contributed by atoms with Crippen molar-refractivity contribution in [3.63, 3.8) is 0 Å². The second-order valence-electron chi connectivity index (χ2n) is 1.21. The van der Waals surface area contributed by atoms with Crippen LogP contribution in [0.5, 0.6) is 0 Å². The number of rotatable bonds is 2. The molecule has 0 saturated carbocycles. The molecule has 0 aliphatic heterocycles. The van der Waals surface area contributed by atoms with Crippen molar-refractivity contribution in [1.29, 1.82) is 5.41 Å². The molecule has 0 atom stereocenters. The molecule has 50 valence electrons. The van der Waals surface area contributed by atoms with Crippen LogP contribution in [0.3, 0.4) is 0 Å². The molecule has 0 aliphatic rings. The van der Waals surface area contributed by atoms with Crippen LogP contribution in [-0.4, -0.2) is 17.3 Å². The Hall–Kier alpha value is -1.36. The highest BCUT2D eigenvalue weighted by Crippen LogP contribution is 1.83. The Labute approximate surface area is 51.6 Å². The Bertz CT molecular complexity index is 152. The Morgan fingerprint density at radius 1 is 1.78 bits per heavy atom. The van der Waals surface area contributed by atoms with Gasteiger partial charge in [0.15, 0.2) is 0 Å². The van der Waals surface area contributed by atoms with Gasteiger partial charge in [-0.05, 0) is 0 Å². The Morgan fingerprint density at radius 3 is 2.44 bits per heavy atom. The van der Waals surface area contributed by atoms with Gasteiger partial charge in [0, 0.05) is 12.4 Å². The topological polar surface area (TPSA) is 99.2 Å². The van der Waals surface area contributed by atoms with Gasteiger partial charge in [0.05, 0.1) is 5.57 Å². The van der Waals surface area contributed by atoms with Gasteiger partial charge in [0.2, 0.25) is 0 Å². The molecule has 1 amide bonds. The summed E-state index contributed by atoms with van der Waals surface area (Å²) >= 11 is 0. The lowest BCUT2D eigenvalue weighted by molar-refractivity contribution is -0.124. The zero-order valence-electron chi connectivity index (χ0n) is 4.59. The van der Waals surface area contributed by atoms with E-state index in [1.807, 2.05) is 0 Å². The SMILES string of the molecule is N=C/C(=C\N)C(=O)NO. The van der Waals surface area contributed by atoms with E-state index in [1.165, 1.54) is 5.48 Å². The standard InChI is InChI=1S/C4H7N3O2/c5-1-3(2-6)4(8)7-9/h1-2,5,9H,6H2,(H,7,8)/b3-2+,5-1?.